The minimum atomic E-state index is -0.197. The Labute approximate surface area is 180 Å². The first-order valence-electron chi connectivity index (χ1n) is 11.1. The summed E-state index contributed by atoms with van der Waals surface area (Å²) < 4.78 is 19.8. The largest absolute Gasteiger partial charge is 0.469 e. The summed E-state index contributed by atoms with van der Waals surface area (Å²) in [6, 6.07) is 8.60. The molecule has 0 aliphatic carbocycles. The number of rotatable bonds is 8. The van der Waals surface area contributed by atoms with E-state index in [9.17, 15) is 9.18 Å². The van der Waals surface area contributed by atoms with E-state index in [4.69, 9.17) is 4.42 Å². The van der Waals surface area contributed by atoms with Crippen molar-refractivity contribution in [2.75, 3.05) is 26.7 Å². The zero-order valence-electron chi connectivity index (χ0n) is 18.7. The second-order valence-electron chi connectivity index (χ2n) is 9.03. The third-order valence-electron chi connectivity index (χ3n) is 6.49. The number of likely N-dealkylation sites (tertiary alicyclic amines) is 1. The molecule has 3 rings (SSSR count). The lowest BCUT2D eigenvalue weighted by atomic mass is 9.84. The smallest absolute Gasteiger partial charge is 0.257 e. The second kappa shape index (κ2) is 10.3. The molecule has 30 heavy (non-hydrogen) atoms. The summed E-state index contributed by atoms with van der Waals surface area (Å²) in [5.41, 5.74) is 1.26. The zero-order valence-corrected chi connectivity index (χ0v) is 18.7. The Kier molecular flexibility index (Phi) is 7.70. The van der Waals surface area contributed by atoms with Crippen molar-refractivity contribution in [1.29, 1.82) is 0 Å². The fourth-order valence-electron chi connectivity index (χ4n) is 4.46. The highest BCUT2D eigenvalue weighted by Crippen LogP contribution is 2.28. The number of carbonyl (C=O) groups excluding carboxylic acids is 1. The molecular weight excluding hydrogens is 379 g/mol. The Hall–Kier alpha value is -2.14. The number of piperidine rings is 1. The molecule has 1 atom stereocenters. The van der Waals surface area contributed by atoms with Crippen LogP contribution in [0.4, 0.5) is 4.39 Å². The lowest BCUT2D eigenvalue weighted by molar-refractivity contribution is 0.0584. The maximum Gasteiger partial charge on any atom is 0.257 e. The van der Waals surface area contributed by atoms with Crippen LogP contribution >= 0.6 is 0 Å². The van der Waals surface area contributed by atoms with Gasteiger partial charge in [-0.2, -0.15) is 0 Å². The van der Waals surface area contributed by atoms with E-state index >= 15 is 0 Å². The molecule has 164 valence electrons. The predicted octanol–water partition coefficient (Wildman–Crippen LogP) is 5.17. The van der Waals surface area contributed by atoms with Gasteiger partial charge in [0.15, 0.2) is 0 Å². The van der Waals surface area contributed by atoms with Crippen LogP contribution in [0.5, 0.6) is 0 Å². The van der Waals surface area contributed by atoms with Gasteiger partial charge in [-0.15, -0.1) is 0 Å². The van der Waals surface area contributed by atoms with E-state index in [-0.39, 0.29) is 17.8 Å². The highest BCUT2D eigenvalue weighted by Gasteiger charge is 2.33. The number of amides is 1. The maximum absolute atomic E-state index is 14.4. The first kappa shape index (κ1) is 22.5. The number of carbonyl (C=O) groups is 1. The van der Waals surface area contributed by atoms with Gasteiger partial charge in [-0.1, -0.05) is 32.0 Å². The molecule has 1 aromatic heterocycles. The summed E-state index contributed by atoms with van der Waals surface area (Å²) in [5, 5.41) is 0. The molecule has 0 N–H and O–H groups in total. The average Bonchev–Trinajstić information content (AvgIpc) is 3.17. The molecule has 2 aromatic rings. The van der Waals surface area contributed by atoms with Crippen LogP contribution in [0.2, 0.25) is 0 Å². The Morgan fingerprint density at radius 1 is 1.23 bits per heavy atom. The van der Waals surface area contributed by atoms with E-state index in [1.165, 1.54) is 12.5 Å². The third-order valence-corrected chi connectivity index (χ3v) is 6.49. The number of hydrogen-bond acceptors (Lipinski definition) is 3. The van der Waals surface area contributed by atoms with E-state index in [0.29, 0.717) is 35.1 Å². The summed E-state index contributed by atoms with van der Waals surface area (Å²) in [5.74, 6) is 1.43. The molecule has 2 heterocycles. The van der Waals surface area contributed by atoms with Crippen LogP contribution in [0.25, 0.3) is 0 Å². The van der Waals surface area contributed by atoms with E-state index < -0.39 is 0 Å². The highest BCUT2D eigenvalue weighted by atomic mass is 19.1. The molecule has 1 aliphatic heterocycles. The second-order valence-corrected chi connectivity index (χ2v) is 9.03. The lowest BCUT2D eigenvalue weighted by Gasteiger charge is -2.40. The molecular formula is C25H35FN2O2. The molecule has 4 nitrogen and oxygen atoms in total. The summed E-state index contributed by atoms with van der Waals surface area (Å²) in [4.78, 5) is 17.5. The number of nitrogens with zero attached hydrogens (tertiary/aromatic N) is 2. The maximum atomic E-state index is 14.4. The van der Waals surface area contributed by atoms with Crippen molar-refractivity contribution in [2.24, 2.45) is 11.8 Å². The quantitative estimate of drug-likeness (QED) is 0.598. The van der Waals surface area contributed by atoms with Gasteiger partial charge in [0.2, 0.25) is 0 Å². The first-order chi connectivity index (χ1) is 14.4. The Bertz CT molecular complexity index is 824. The van der Waals surface area contributed by atoms with Gasteiger partial charge in [-0.25, -0.2) is 4.39 Å². The van der Waals surface area contributed by atoms with Crippen molar-refractivity contribution in [3.8, 4) is 0 Å². The summed E-state index contributed by atoms with van der Waals surface area (Å²) in [6.45, 7) is 9.53. The van der Waals surface area contributed by atoms with Crippen LogP contribution in [-0.4, -0.2) is 48.4 Å². The highest BCUT2D eigenvalue weighted by molar-refractivity contribution is 5.95. The number of likely N-dealkylation sites (N-methyl/N-ethyl adjacent to an activating group) is 1. The van der Waals surface area contributed by atoms with Crippen LogP contribution < -0.4 is 0 Å². The minimum Gasteiger partial charge on any atom is -0.469 e. The molecule has 1 aromatic carbocycles. The number of aryl methyl sites for hydroxylation is 1. The summed E-state index contributed by atoms with van der Waals surface area (Å²) in [7, 11) is 1.85. The van der Waals surface area contributed by atoms with Gasteiger partial charge in [-0.05, 0) is 81.8 Å². The van der Waals surface area contributed by atoms with E-state index in [1.807, 2.05) is 24.1 Å². The Morgan fingerprint density at radius 3 is 2.53 bits per heavy atom. The topological polar surface area (TPSA) is 36.7 Å². The molecule has 0 radical (unpaired) electrons. The molecule has 1 amide bonds. The van der Waals surface area contributed by atoms with Crippen molar-refractivity contribution in [3.63, 3.8) is 0 Å². The van der Waals surface area contributed by atoms with Gasteiger partial charge in [0.1, 0.15) is 11.6 Å². The zero-order chi connectivity index (χ0) is 21.7. The van der Waals surface area contributed by atoms with Crippen LogP contribution in [0.3, 0.4) is 0 Å². The van der Waals surface area contributed by atoms with Gasteiger partial charge < -0.3 is 14.2 Å². The molecule has 5 heteroatoms. The van der Waals surface area contributed by atoms with Crippen molar-refractivity contribution in [1.82, 2.24) is 9.80 Å². The van der Waals surface area contributed by atoms with Crippen molar-refractivity contribution < 1.29 is 13.6 Å². The first-order valence-corrected chi connectivity index (χ1v) is 11.1. The predicted molar refractivity (Wildman–Crippen MR) is 118 cm³/mol. The van der Waals surface area contributed by atoms with Crippen LogP contribution in [0, 0.1) is 24.6 Å². The minimum absolute atomic E-state index is 0.0454. The molecule has 1 fully saturated rings. The normalized spacial score (nSPS) is 16.7. The lowest BCUT2D eigenvalue weighted by Crippen LogP contribution is -2.47. The van der Waals surface area contributed by atoms with Gasteiger partial charge in [0, 0.05) is 13.1 Å². The standard InChI is InChI=1S/C25H35FN2O2/c1-18(2)9-13-28-14-10-20(11-15-28)24(17-21-7-5-6-8-23(21)26)27(4)25(29)22-12-16-30-19(22)3/h5-8,12,16,18,20,24H,9-11,13-15,17H2,1-4H3/t24-/m1/s1. The van der Waals surface area contributed by atoms with Gasteiger partial charge in [-0.3, -0.25) is 4.79 Å². The van der Waals surface area contributed by atoms with E-state index in [1.54, 1.807) is 25.3 Å². The molecule has 0 unspecified atom stereocenters. The number of hydrogen-bond donors (Lipinski definition) is 0. The Morgan fingerprint density at radius 2 is 1.93 bits per heavy atom. The molecule has 1 saturated heterocycles. The number of furan rings is 1. The van der Waals surface area contributed by atoms with Gasteiger partial charge in [0.25, 0.3) is 5.91 Å². The third kappa shape index (κ3) is 5.51. The van der Waals surface area contributed by atoms with Crippen LogP contribution in [0.1, 0.15) is 54.8 Å². The van der Waals surface area contributed by atoms with Crippen LogP contribution in [-0.2, 0) is 6.42 Å². The molecule has 0 bridgehead atoms. The van der Waals surface area contributed by atoms with Gasteiger partial charge >= 0.3 is 0 Å². The average molecular weight is 415 g/mol. The molecule has 1 aliphatic rings. The van der Waals surface area contributed by atoms with E-state index in [0.717, 1.165) is 32.5 Å². The van der Waals surface area contributed by atoms with Crippen LogP contribution in [0.15, 0.2) is 41.0 Å². The fourth-order valence-corrected chi connectivity index (χ4v) is 4.46. The van der Waals surface area contributed by atoms with Crippen molar-refractivity contribution in [2.45, 2.75) is 52.5 Å². The molecule has 0 spiro atoms. The van der Waals surface area contributed by atoms with Crippen molar-refractivity contribution >= 4 is 5.91 Å². The number of benzene rings is 1. The summed E-state index contributed by atoms with van der Waals surface area (Å²) >= 11 is 0. The van der Waals surface area contributed by atoms with Gasteiger partial charge in [0.05, 0.1) is 11.8 Å². The van der Waals surface area contributed by atoms with E-state index in [2.05, 4.69) is 18.7 Å². The molecule has 0 saturated carbocycles. The summed E-state index contributed by atoms with van der Waals surface area (Å²) in [6.07, 6.45) is 5.35. The Balaban J connectivity index is 1.75. The number of halogens is 1. The van der Waals surface area contributed by atoms with Crippen molar-refractivity contribution in [3.05, 3.63) is 59.3 Å². The monoisotopic (exact) mass is 414 g/mol. The fraction of sp³-hybridized carbons (Fsp3) is 0.560. The SMILES string of the molecule is Cc1occc1C(=O)N(C)[C@H](Cc1ccccc1F)C1CCN(CCC(C)C)CC1.